The van der Waals surface area contributed by atoms with Gasteiger partial charge in [0.1, 0.15) is 11.6 Å². The second-order valence-electron chi connectivity index (χ2n) is 7.70. The molecule has 30 heavy (non-hydrogen) atoms. The highest BCUT2D eigenvalue weighted by molar-refractivity contribution is 14.0. The first-order valence-corrected chi connectivity index (χ1v) is 11.0. The maximum absolute atomic E-state index is 13.9. The van der Waals surface area contributed by atoms with Gasteiger partial charge in [-0.15, -0.1) is 24.0 Å². The molecule has 0 spiro atoms. The summed E-state index contributed by atoms with van der Waals surface area (Å²) >= 11 is 0. The summed E-state index contributed by atoms with van der Waals surface area (Å²) in [6, 6.07) is 3.75. The number of nitrogens with one attached hydrogen (secondary N) is 2. The van der Waals surface area contributed by atoms with Crippen LogP contribution < -0.4 is 15.4 Å². The lowest BCUT2D eigenvalue weighted by Crippen LogP contribution is -2.42. The quantitative estimate of drug-likeness (QED) is 0.303. The predicted molar refractivity (Wildman–Crippen MR) is 129 cm³/mol. The summed E-state index contributed by atoms with van der Waals surface area (Å²) in [7, 11) is 0. The van der Waals surface area contributed by atoms with Gasteiger partial charge in [-0.25, -0.2) is 4.39 Å². The third-order valence-electron chi connectivity index (χ3n) is 5.66. The Labute approximate surface area is 197 Å². The number of hydrogen-bond acceptors (Lipinski definition) is 4. The molecule has 2 N–H and O–H groups in total. The Balaban J connectivity index is 0.00000320. The number of guanidine groups is 1. The van der Waals surface area contributed by atoms with E-state index in [9.17, 15) is 4.39 Å². The number of fused-ring (bicyclic) bond motifs is 1. The molecule has 3 rings (SSSR count). The standard InChI is InChI=1S/C22H35FN4O2.HI/c1-3-20-7-5-6-11-27(20)12-10-26-22(24-4-2)25-9-8-17-13-19(23)14-18-15-28-16-29-21(17)18;/h13-14,20H,3-12,15-16H2,1-2H3,(H2,24,25,26);1H. The Bertz CT molecular complexity index is 689. The molecule has 1 aromatic carbocycles. The summed E-state index contributed by atoms with van der Waals surface area (Å²) in [6.45, 7) is 9.39. The molecule has 0 aliphatic carbocycles. The molecule has 1 fully saturated rings. The van der Waals surface area contributed by atoms with E-state index in [0.717, 1.165) is 42.5 Å². The van der Waals surface area contributed by atoms with E-state index in [1.807, 2.05) is 0 Å². The van der Waals surface area contributed by atoms with Crippen molar-refractivity contribution < 1.29 is 13.9 Å². The minimum Gasteiger partial charge on any atom is -0.467 e. The molecular weight excluding hydrogens is 498 g/mol. The molecular formula is C22H36FIN4O2. The summed E-state index contributed by atoms with van der Waals surface area (Å²) in [5, 5.41) is 6.67. The van der Waals surface area contributed by atoms with E-state index in [0.29, 0.717) is 25.6 Å². The summed E-state index contributed by atoms with van der Waals surface area (Å²) in [5.41, 5.74) is 1.64. The summed E-state index contributed by atoms with van der Waals surface area (Å²) in [4.78, 5) is 7.32. The maximum atomic E-state index is 13.9. The highest BCUT2D eigenvalue weighted by Gasteiger charge is 2.20. The zero-order valence-corrected chi connectivity index (χ0v) is 20.5. The minimum atomic E-state index is -0.250. The molecule has 1 atom stereocenters. The lowest BCUT2D eigenvalue weighted by atomic mass is 10.0. The van der Waals surface area contributed by atoms with Gasteiger partial charge in [0.25, 0.3) is 0 Å². The van der Waals surface area contributed by atoms with E-state index in [1.165, 1.54) is 38.3 Å². The van der Waals surface area contributed by atoms with Crippen molar-refractivity contribution in [1.82, 2.24) is 15.5 Å². The molecule has 0 bridgehead atoms. The fourth-order valence-electron chi connectivity index (χ4n) is 4.21. The van der Waals surface area contributed by atoms with Crippen LogP contribution in [0, 0.1) is 5.82 Å². The van der Waals surface area contributed by atoms with Crippen LogP contribution in [0.4, 0.5) is 4.39 Å². The lowest BCUT2D eigenvalue weighted by molar-refractivity contribution is -0.0172. The second-order valence-corrected chi connectivity index (χ2v) is 7.70. The van der Waals surface area contributed by atoms with E-state index in [4.69, 9.17) is 14.5 Å². The zero-order valence-electron chi connectivity index (χ0n) is 18.2. The molecule has 0 radical (unpaired) electrons. The number of benzene rings is 1. The normalized spacial score (nSPS) is 19.4. The van der Waals surface area contributed by atoms with Crippen molar-refractivity contribution in [2.75, 3.05) is 39.5 Å². The van der Waals surface area contributed by atoms with Crippen LogP contribution in [-0.4, -0.2) is 56.4 Å². The first-order chi connectivity index (χ1) is 14.2. The van der Waals surface area contributed by atoms with Gasteiger partial charge in [0.05, 0.1) is 13.2 Å². The van der Waals surface area contributed by atoms with Crippen LogP contribution in [0.15, 0.2) is 17.1 Å². The van der Waals surface area contributed by atoms with Crippen molar-refractivity contribution in [2.45, 2.75) is 58.6 Å². The van der Waals surface area contributed by atoms with Gasteiger partial charge in [-0.05, 0) is 56.8 Å². The average molecular weight is 534 g/mol. The van der Waals surface area contributed by atoms with Crippen LogP contribution >= 0.6 is 24.0 Å². The fourth-order valence-corrected chi connectivity index (χ4v) is 4.21. The molecule has 1 unspecified atom stereocenters. The van der Waals surface area contributed by atoms with Gasteiger partial charge >= 0.3 is 0 Å². The summed E-state index contributed by atoms with van der Waals surface area (Å²) < 4.78 is 24.7. The van der Waals surface area contributed by atoms with Crippen molar-refractivity contribution >= 4 is 29.9 Å². The third kappa shape index (κ3) is 7.23. The Morgan fingerprint density at radius 1 is 1.27 bits per heavy atom. The minimum absolute atomic E-state index is 0. The molecule has 0 amide bonds. The van der Waals surface area contributed by atoms with E-state index in [2.05, 4.69) is 29.4 Å². The molecule has 2 aliphatic heterocycles. The molecule has 2 aliphatic rings. The number of rotatable bonds is 8. The number of nitrogens with zero attached hydrogens (tertiary/aromatic N) is 2. The predicted octanol–water partition coefficient (Wildman–Crippen LogP) is 3.67. The van der Waals surface area contributed by atoms with E-state index in [-0.39, 0.29) is 36.6 Å². The third-order valence-corrected chi connectivity index (χ3v) is 5.66. The fraction of sp³-hybridized carbons (Fsp3) is 0.682. The monoisotopic (exact) mass is 534 g/mol. The van der Waals surface area contributed by atoms with Crippen molar-refractivity contribution in [2.24, 2.45) is 4.99 Å². The number of ether oxygens (including phenoxy) is 2. The van der Waals surface area contributed by atoms with Crippen LogP contribution in [0.3, 0.4) is 0 Å². The highest BCUT2D eigenvalue weighted by atomic mass is 127. The Morgan fingerprint density at radius 3 is 2.93 bits per heavy atom. The van der Waals surface area contributed by atoms with Crippen LogP contribution in [0.2, 0.25) is 0 Å². The molecule has 1 saturated heterocycles. The zero-order chi connectivity index (χ0) is 20.5. The molecule has 0 aromatic heterocycles. The molecule has 8 heteroatoms. The van der Waals surface area contributed by atoms with Crippen LogP contribution in [-0.2, 0) is 17.8 Å². The Kier molecular flexibility index (Phi) is 11.2. The van der Waals surface area contributed by atoms with Crippen LogP contribution in [0.25, 0.3) is 0 Å². The maximum Gasteiger partial charge on any atom is 0.191 e. The van der Waals surface area contributed by atoms with E-state index < -0.39 is 0 Å². The number of piperidine rings is 1. The highest BCUT2D eigenvalue weighted by Crippen LogP contribution is 2.29. The average Bonchev–Trinajstić information content (AvgIpc) is 2.74. The van der Waals surface area contributed by atoms with Gasteiger partial charge < -0.3 is 20.1 Å². The van der Waals surface area contributed by atoms with Gasteiger partial charge in [-0.2, -0.15) is 0 Å². The smallest absolute Gasteiger partial charge is 0.191 e. The molecule has 6 nitrogen and oxygen atoms in total. The first-order valence-electron chi connectivity index (χ1n) is 11.0. The van der Waals surface area contributed by atoms with Gasteiger partial charge in [-0.3, -0.25) is 9.89 Å². The summed E-state index contributed by atoms with van der Waals surface area (Å²) in [6.07, 6.45) is 5.83. The topological polar surface area (TPSA) is 58.1 Å². The number of halogens is 2. The molecule has 0 saturated carbocycles. The van der Waals surface area contributed by atoms with E-state index in [1.54, 1.807) is 6.07 Å². The first kappa shape index (κ1) is 25.1. The van der Waals surface area contributed by atoms with Crippen LogP contribution in [0.5, 0.6) is 5.75 Å². The van der Waals surface area contributed by atoms with E-state index >= 15 is 0 Å². The largest absolute Gasteiger partial charge is 0.467 e. The van der Waals surface area contributed by atoms with Gasteiger partial charge in [0.15, 0.2) is 12.8 Å². The number of aliphatic imine (C=N–C) groups is 1. The number of likely N-dealkylation sites (tertiary alicyclic amines) is 1. The molecule has 170 valence electrons. The Hall–Kier alpha value is -1.13. The van der Waals surface area contributed by atoms with Crippen molar-refractivity contribution in [1.29, 1.82) is 0 Å². The van der Waals surface area contributed by atoms with Crippen molar-refractivity contribution in [3.05, 3.63) is 29.1 Å². The molecule has 1 aromatic rings. The Morgan fingerprint density at radius 2 is 2.13 bits per heavy atom. The van der Waals surface area contributed by atoms with Gasteiger partial charge in [0.2, 0.25) is 0 Å². The molecule has 2 heterocycles. The van der Waals surface area contributed by atoms with Crippen LogP contribution in [0.1, 0.15) is 50.7 Å². The van der Waals surface area contributed by atoms with Crippen molar-refractivity contribution in [3.63, 3.8) is 0 Å². The van der Waals surface area contributed by atoms with Crippen molar-refractivity contribution in [3.8, 4) is 5.75 Å². The van der Waals surface area contributed by atoms with Gasteiger partial charge in [-0.1, -0.05) is 13.3 Å². The SMILES string of the molecule is CCNC(=NCCN1CCCCC1CC)NCCc1cc(F)cc2c1OCOC2.I. The lowest BCUT2D eigenvalue weighted by Gasteiger charge is -2.34. The van der Waals surface area contributed by atoms with Gasteiger partial charge in [0, 0.05) is 31.2 Å². The summed E-state index contributed by atoms with van der Waals surface area (Å²) in [5.74, 6) is 1.32. The number of hydrogen-bond donors (Lipinski definition) is 2. The second kappa shape index (κ2) is 13.3.